The van der Waals surface area contributed by atoms with E-state index >= 15 is 0 Å². The number of carboxylic acid groups (broad SMARTS) is 1. The molecule has 1 aliphatic rings. The maximum absolute atomic E-state index is 10.2. The first kappa shape index (κ1) is 10.2. The zero-order valence-electron chi connectivity index (χ0n) is 7.52. The first-order valence-corrected chi connectivity index (χ1v) is 4.48. The van der Waals surface area contributed by atoms with Crippen LogP contribution in [0.15, 0.2) is 12.2 Å². The number of aliphatic carboxylic acids is 1. The van der Waals surface area contributed by atoms with Gasteiger partial charge in [-0.3, -0.25) is 4.90 Å². The van der Waals surface area contributed by atoms with E-state index in [1.54, 1.807) is 6.08 Å². The molecule has 0 spiro atoms. The Morgan fingerprint density at radius 1 is 1.54 bits per heavy atom. The maximum atomic E-state index is 10.2. The first-order valence-electron chi connectivity index (χ1n) is 4.48. The minimum Gasteiger partial charge on any atom is -0.478 e. The van der Waals surface area contributed by atoms with Gasteiger partial charge in [-0.15, -0.1) is 0 Å². The summed E-state index contributed by atoms with van der Waals surface area (Å²) in [5.41, 5.74) is 0. The Bertz CT molecular complexity index is 199. The molecule has 2 N–H and O–H groups in total. The van der Waals surface area contributed by atoms with Gasteiger partial charge in [-0.2, -0.15) is 0 Å². The van der Waals surface area contributed by atoms with Crippen molar-refractivity contribution in [3.63, 3.8) is 0 Å². The Balaban J connectivity index is 2.25. The van der Waals surface area contributed by atoms with Crippen molar-refractivity contribution in [3.8, 4) is 0 Å². The van der Waals surface area contributed by atoms with Crippen LogP contribution in [0.5, 0.6) is 0 Å². The van der Waals surface area contributed by atoms with Crippen LogP contribution >= 0.6 is 0 Å². The summed E-state index contributed by atoms with van der Waals surface area (Å²) in [5.74, 6) is -0.917. The van der Waals surface area contributed by atoms with Crippen LogP contribution in [-0.2, 0) is 4.79 Å². The number of carbonyl (C=O) groups is 1. The van der Waals surface area contributed by atoms with Crippen molar-refractivity contribution < 1.29 is 15.0 Å². The minimum absolute atomic E-state index is 0.136. The highest BCUT2D eigenvalue weighted by Gasteiger charge is 2.27. The Kier molecular flexibility index (Phi) is 3.92. The summed E-state index contributed by atoms with van der Waals surface area (Å²) in [4.78, 5) is 12.3. The lowest BCUT2D eigenvalue weighted by Gasteiger charge is -2.17. The Labute approximate surface area is 77.5 Å². The first-order chi connectivity index (χ1) is 6.24. The van der Waals surface area contributed by atoms with Gasteiger partial charge in [-0.25, -0.2) is 4.79 Å². The van der Waals surface area contributed by atoms with Crippen molar-refractivity contribution in [2.75, 3.05) is 19.7 Å². The van der Waals surface area contributed by atoms with Crippen molar-refractivity contribution in [1.82, 2.24) is 4.90 Å². The molecule has 0 heterocycles. The summed E-state index contributed by atoms with van der Waals surface area (Å²) in [5, 5.41) is 17.1. The summed E-state index contributed by atoms with van der Waals surface area (Å²) in [6.07, 6.45) is 5.10. The van der Waals surface area contributed by atoms with Gasteiger partial charge < -0.3 is 10.2 Å². The van der Waals surface area contributed by atoms with Gasteiger partial charge in [0.25, 0.3) is 0 Å². The number of aliphatic hydroxyl groups excluding tert-OH is 1. The van der Waals surface area contributed by atoms with E-state index in [1.165, 1.54) is 12.8 Å². The monoisotopic (exact) mass is 185 g/mol. The summed E-state index contributed by atoms with van der Waals surface area (Å²) in [7, 11) is 0. The second-order valence-corrected chi connectivity index (χ2v) is 3.19. The van der Waals surface area contributed by atoms with E-state index in [9.17, 15) is 4.79 Å². The minimum atomic E-state index is -0.917. The molecule has 0 unspecified atom stereocenters. The third kappa shape index (κ3) is 4.05. The number of nitrogens with zero attached hydrogens (tertiary/aromatic N) is 1. The topological polar surface area (TPSA) is 60.8 Å². The van der Waals surface area contributed by atoms with Gasteiger partial charge >= 0.3 is 5.97 Å². The van der Waals surface area contributed by atoms with Gasteiger partial charge in [0.15, 0.2) is 0 Å². The summed E-state index contributed by atoms with van der Waals surface area (Å²) < 4.78 is 0. The number of carboxylic acids is 1. The molecule has 74 valence electrons. The van der Waals surface area contributed by atoms with Crippen LogP contribution in [0.4, 0.5) is 0 Å². The molecule has 1 aliphatic carbocycles. The average molecular weight is 185 g/mol. The third-order valence-electron chi connectivity index (χ3n) is 2.05. The zero-order valence-corrected chi connectivity index (χ0v) is 7.52. The Morgan fingerprint density at radius 2 is 2.23 bits per heavy atom. The van der Waals surface area contributed by atoms with Crippen LogP contribution in [0.25, 0.3) is 0 Å². The molecule has 13 heavy (non-hydrogen) atoms. The van der Waals surface area contributed by atoms with Crippen LogP contribution in [0.1, 0.15) is 12.8 Å². The molecule has 0 saturated heterocycles. The SMILES string of the molecule is O=C(O)C=CCN(CCO)C1CC1. The van der Waals surface area contributed by atoms with E-state index in [0.717, 1.165) is 6.08 Å². The molecule has 0 amide bonds. The molecule has 0 aromatic heterocycles. The second kappa shape index (κ2) is 4.99. The summed E-state index contributed by atoms with van der Waals surface area (Å²) in [6.45, 7) is 1.39. The van der Waals surface area contributed by atoms with Crippen molar-refractivity contribution in [2.45, 2.75) is 18.9 Å². The molecule has 1 saturated carbocycles. The third-order valence-corrected chi connectivity index (χ3v) is 2.05. The van der Waals surface area contributed by atoms with E-state index in [2.05, 4.69) is 4.90 Å². The highest BCUT2D eigenvalue weighted by molar-refractivity contribution is 5.79. The Morgan fingerprint density at radius 3 is 2.69 bits per heavy atom. The van der Waals surface area contributed by atoms with Crippen LogP contribution < -0.4 is 0 Å². The summed E-state index contributed by atoms with van der Waals surface area (Å²) in [6, 6.07) is 0.561. The number of hydrogen-bond acceptors (Lipinski definition) is 3. The fourth-order valence-corrected chi connectivity index (χ4v) is 1.28. The molecule has 0 aliphatic heterocycles. The standard InChI is InChI=1S/C9H15NO3/c11-7-6-10(8-3-4-8)5-1-2-9(12)13/h1-2,8,11H,3-7H2,(H,12,13). The predicted molar refractivity (Wildman–Crippen MR) is 48.5 cm³/mol. The fraction of sp³-hybridized carbons (Fsp3) is 0.667. The van der Waals surface area contributed by atoms with E-state index in [-0.39, 0.29) is 6.61 Å². The normalized spacial score (nSPS) is 17.1. The molecule has 1 rings (SSSR count). The van der Waals surface area contributed by atoms with Crippen molar-refractivity contribution in [1.29, 1.82) is 0 Å². The van der Waals surface area contributed by atoms with E-state index in [1.807, 2.05) is 0 Å². The lowest BCUT2D eigenvalue weighted by atomic mass is 10.4. The van der Waals surface area contributed by atoms with Crippen molar-refractivity contribution in [2.24, 2.45) is 0 Å². The van der Waals surface area contributed by atoms with Gasteiger partial charge in [-0.1, -0.05) is 6.08 Å². The van der Waals surface area contributed by atoms with Gasteiger partial charge in [0.2, 0.25) is 0 Å². The van der Waals surface area contributed by atoms with Gasteiger partial charge in [0.05, 0.1) is 6.61 Å². The van der Waals surface area contributed by atoms with Crippen molar-refractivity contribution >= 4 is 5.97 Å². The molecule has 0 atom stereocenters. The molecule has 0 aromatic rings. The van der Waals surface area contributed by atoms with E-state index in [0.29, 0.717) is 19.1 Å². The molecule has 1 fully saturated rings. The molecule has 4 nitrogen and oxygen atoms in total. The van der Waals surface area contributed by atoms with E-state index < -0.39 is 5.97 Å². The fourth-order valence-electron chi connectivity index (χ4n) is 1.28. The zero-order chi connectivity index (χ0) is 9.68. The molecule has 0 aromatic carbocycles. The lowest BCUT2D eigenvalue weighted by Crippen LogP contribution is -2.29. The molecular formula is C9H15NO3. The number of hydrogen-bond donors (Lipinski definition) is 2. The largest absolute Gasteiger partial charge is 0.478 e. The van der Waals surface area contributed by atoms with Crippen molar-refractivity contribution in [3.05, 3.63) is 12.2 Å². The van der Waals surface area contributed by atoms with Gasteiger partial charge in [0.1, 0.15) is 0 Å². The molecule has 4 heteroatoms. The van der Waals surface area contributed by atoms with Crippen LogP contribution in [0, 0.1) is 0 Å². The van der Waals surface area contributed by atoms with Gasteiger partial charge in [-0.05, 0) is 12.8 Å². The summed E-state index contributed by atoms with van der Waals surface area (Å²) >= 11 is 0. The molecular weight excluding hydrogens is 170 g/mol. The second-order valence-electron chi connectivity index (χ2n) is 3.19. The molecule has 0 radical (unpaired) electrons. The quantitative estimate of drug-likeness (QED) is 0.575. The van der Waals surface area contributed by atoms with E-state index in [4.69, 9.17) is 10.2 Å². The maximum Gasteiger partial charge on any atom is 0.328 e. The average Bonchev–Trinajstić information content (AvgIpc) is 2.84. The smallest absolute Gasteiger partial charge is 0.328 e. The number of rotatable bonds is 6. The highest BCUT2D eigenvalue weighted by atomic mass is 16.4. The number of aliphatic hydroxyl groups is 1. The van der Waals surface area contributed by atoms with Crippen LogP contribution in [-0.4, -0.2) is 46.8 Å². The Hall–Kier alpha value is -0.870. The highest BCUT2D eigenvalue weighted by Crippen LogP contribution is 2.26. The molecule has 0 bridgehead atoms. The predicted octanol–water partition coefficient (Wildman–Crippen LogP) is 0.0839. The van der Waals surface area contributed by atoms with Crippen LogP contribution in [0.3, 0.4) is 0 Å². The van der Waals surface area contributed by atoms with Crippen LogP contribution in [0.2, 0.25) is 0 Å². The lowest BCUT2D eigenvalue weighted by molar-refractivity contribution is -0.131. The van der Waals surface area contributed by atoms with Gasteiger partial charge in [0, 0.05) is 25.2 Å².